The minimum atomic E-state index is -0.0669. The van der Waals surface area contributed by atoms with Gasteiger partial charge in [0, 0.05) is 20.2 Å². The van der Waals surface area contributed by atoms with E-state index in [1.54, 1.807) is 0 Å². The van der Waals surface area contributed by atoms with Crippen molar-refractivity contribution in [3.8, 4) is 0 Å². The SMILES string of the molecule is NC(c1cc2c(s1)CCC2)c1ccc(Cl)c2ccccc12. The first-order chi connectivity index (χ1) is 10.2. The Labute approximate surface area is 133 Å². The lowest BCUT2D eigenvalue weighted by molar-refractivity contribution is 0.888. The van der Waals surface area contributed by atoms with E-state index in [-0.39, 0.29) is 6.04 Å². The molecule has 0 saturated heterocycles. The average Bonchev–Trinajstić information content (AvgIpc) is 3.08. The van der Waals surface area contributed by atoms with Crippen LogP contribution >= 0.6 is 22.9 Å². The zero-order valence-corrected chi connectivity index (χ0v) is 13.2. The molecule has 0 aliphatic heterocycles. The highest BCUT2D eigenvalue weighted by atomic mass is 35.5. The van der Waals surface area contributed by atoms with Crippen LogP contribution in [0.25, 0.3) is 10.8 Å². The van der Waals surface area contributed by atoms with Crippen molar-refractivity contribution in [1.82, 2.24) is 0 Å². The standard InChI is InChI=1S/C18H16ClNS/c19-15-9-8-14(12-5-1-2-6-13(12)15)18(20)17-10-11-4-3-7-16(11)21-17/h1-2,5-6,8-10,18H,3-4,7,20H2. The van der Waals surface area contributed by atoms with E-state index in [0.717, 1.165) is 21.4 Å². The Bertz CT molecular complexity index is 800. The van der Waals surface area contributed by atoms with E-state index in [1.807, 2.05) is 29.5 Å². The molecule has 2 N–H and O–H groups in total. The van der Waals surface area contributed by atoms with Gasteiger partial charge in [-0.1, -0.05) is 41.9 Å². The average molecular weight is 314 g/mol. The molecular formula is C18H16ClNS. The van der Waals surface area contributed by atoms with Crippen LogP contribution in [0.5, 0.6) is 0 Å². The quantitative estimate of drug-likeness (QED) is 0.700. The summed E-state index contributed by atoms with van der Waals surface area (Å²) < 4.78 is 0. The van der Waals surface area contributed by atoms with E-state index in [1.165, 1.54) is 34.6 Å². The molecule has 2 aromatic carbocycles. The number of aryl methyl sites for hydroxylation is 2. The number of halogens is 1. The van der Waals surface area contributed by atoms with Gasteiger partial charge in [0.1, 0.15) is 0 Å². The Morgan fingerprint density at radius 2 is 1.86 bits per heavy atom. The third-order valence-corrected chi connectivity index (χ3v) is 5.96. The highest BCUT2D eigenvalue weighted by molar-refractivity contribution is 7.12. The number of hydrogen-bond acceptors (Lipinski definition) is 2. The minimum Gasteiger partial charge on any atom is -0.320 e. The Morgan fingerprint density at radius 3 is 2.67 bits per heavy atom. The number of fused-ring (bicyclic) bond motifs is 2. The first-order valence-corrected chi connectivity index (χ1v) is 8.47. The van der Waals surface area contributed by atoms with Gasteiger partial charge in [0.05, 0.1) is 6.04 Å². The number of rotatable bonds is 2. The third-order valence-electron chi connectivity index (χ3n) is 4.31. The fourth-order valence-corrected chi connectivity index (χ4v) is 4.72. The second-order valence-corrected chi connectivity index (χ2v) is 7.19. The van der Waals surface area contributed by atoms with Crippen LogP contribution in [0.1, 0.15) is 33.3 Å². The number of nitrogens with two attached hydrogens (primary N) is 1. The minimum absolute atomic E-state index is 0.0669. The topological polar surface area (TPSA) is 26.0 Å². The molecule has 1 aliphatic rings. The van der Waals surface area contributed by atoms with Crippen LogP contribution in [0.15, 0.2) is 42.5 Å². The van der Waals surface area contributed by atoms with E-state index in [4.69, 9.17) is 17.3 Å². The van der Waals surface area contributed by atoms with Crippen LogP contribution in [0.2, 0.25) is 5.02 Å². The van der Waals surface area contributed by atoms with E-state index in [9.17, 15) is 0 Å². The van der Waals surface area contributed by atoms with Crippen molar-refractivity contribution >= 4 is 33.7 Å². The summed E-state index contributed by atoms with van der Waals surface area (Å²) in [5.74, 6) is 0. The molecule has 1 aliphatic carbocycles. The monoisotopic (exact) mass is 313 g/mol. The molecule has 106 valence electrons. The van der Waals surface area contributed by atoms with Gasteiger partial charge in [-0.05, 0) is 47.9 Å². The number of hydrogen-bond donors (Lipinski definition) is 1. The molecular weight excluding hydrogens is 298 g/mol. The molecule has 0 radical (unpaired) electrons. The summed E-state index contributed by atoms with van der Waals surface area (Å²) in [6.07, 6.45) is 3.72. The van der Waals surface area contributed by atoms with Gasteiger partial charge in [0.25, 0.3) is 0 Å². The molecule has 1 aromatic heterocycles. The molecule has 0 spiro atoms. The maximum absolute atomic E-state index is 6.56. The van der Waals surface area contributed by atoms with Crippen LogP contribution in [-0.2, 0) is 12.8 Å². The van der Waals surface area contributed by atoms with E-state index < -0.39 is 0 Å². The normalized spacial score (nSPS) is 15.3. The summed E-state index contributed by atoms with van der Waals surface area (Å²) in [5.41, 5.74) is 9.23. The van der Waals surface area contributed by atoms with Crippen molar-refractivity contribution in [1.29, 1.82) is 0 Å². The molecule has 0 bridgehead atoms. The van der Waals surface area contributed by atoms with Gasteiger partial charge in [0.15, 0.2) is 0 Å². The molecule has 1 unspecified atom stereocenters. The Balaban J connectivity index is 1.83. The van der Waals surface area contributed by atoms with Crippen LogP contribution in [0, 0.1) is 0 Å². The molecule has 21 heavy (non-hydrogen) atoms. The molecule has 3 aromatic rings. The summed E-state index contributed by atoms with van der Waals surface area (Å²) >= 11 is 8.18. The van der Waals surface area contributed by atoms with Crippen LogP contribution < -0.4 is 5.73 Å². The summed E-state index contributed by atoms with van der Waals surface area (Å²) in [4.78, 5) is 2.80. The summed E-state index contributed by atoms with van der Waals surface area (Å²) in [6.45, 7) is 0. The fraction of sp³-hybridized carbons (Fsp3) is 0.222. The molecule has 4 rings (SSSR count). The first-order valence-electron chi connectivity index (χ1n) is 7.28. The van der Waals surface area contributed by atoms with E-state index in [2.05, 4.69) is 24.3 Å². The van der Waals surface area contributed by atoms with Crippen LogP contribution in [0.3, 0.4) is 0 Å². The van der Waals surface area contributed by atoms with Crippen molar-refractivity contribution < 1.29 is 0 Å². The van der Waals surface area contributed by atoms with Gasteiger partial charge in [-0.2, -0.15) is 0 Å². The smallest absolute Gasteiger partial charge is 0.0652 e. The van der Waals surface area contributed by atoms with Gasteiger partial charge in [0.2, 0.25) is 0 Å². The predicted molar refractivity (Wildman–Crippen MR) is 91.3 cm³/mol. The van der Waals surface area contributed by atoms with Crippen molar-refractivity contribution in [2.45, 2.75) is 25.3 Å². The van der Waals surface area contributed by atoms with E-state index >= 15 is 0 Å². The molecule has 0 fully saturated rings. The zero-order chi connectivity index (χ0) is 14.4. The lowest BCUT2D eigenvalue weighted by atomic mass is 9.98. The Hall–Kier alpha value is -1.35. The maximum atomic E-state index is 6.56. The molecule has 3 heteroatoms. The van der Waals surface area contributed by atoms with Gasteiger partial charge in [-0.3, -0.25) is 0 Å². The second kappa shape index (κ2) is 5.13. The van der Waals surface area contributed by atoms with Gasteiger partial charge >= 0.3 is 0 Å². The van der Waals surface area contributed by atoms with Crippen LogP contribution in [-0.4, -0.2) is 0 Å². The lowest BCUT2D eigenvalue weighted by Gasteiger charge is -2.14. The van der Waals surface area contributed by atoms with E-state index in [0.29, 0.717) is 0 Å². The third kappa shape index (κ3) is 2.18. The van der Waals surface area contributed by atoms with Crippen LogP contribution in [0.4, 0.5) is 0 Å². The zero-order valence-electron chi connectivity index (χ0n) is 11.6. The van der Waals surface area contributed by atoms with Gasteiger partial charge in [-0.15, -0.1) is 11.3 Å². The highest BCUT2D eigenvalue weighted by Crippen LogP contribution is 2.37. The largest absolute Gasteiger partial charge is 0.320 e. The summed E-state index contributed by atoms with van der Waals surface area (Å²) in [7, 11) is 0. The lowest BCUT2D eigenvalue weighted by Crippen LogP contribution is -2.10. The van der Waals surface area contributed by atoms with Gasteiger partial charge < -0.3 is 5.73 Å². The second-order valence-electron chi connectivity index (χ2n) is 5.61. The highest BCUT2D eigenvalue weighted by Gasteiger charge is 2.20. The molecule has 1 atom stereocenters. The molecule has 0 amide bonds. The fourth-order valence-electron chi connectivity index (χ4n) is 3.22. The van der Waals surface area contributed by atoms with Crippen molar-refractivity contribution in [3.63, 3.8) is 0 Å². The van der Waals surface area contributed by atoms with Crippen molar-refractivity contribution in [2.24, 2.45) is 5.73 Å². The number of thiophene rings is 1. The predicted octanol–water partition coefficient (Wildman–Crippen LogP) is 5.09. The molecule has 1 heterocycles. The Kier molecular flexibility index (Phi) is 3.26. The summed E-state index contributed by atoms with van der Waals surface area (Å²) in [5, 5.41) is 3.03. The van der Waals surface area contributed by atoms with Crippen molar-refractivity contribution in [3.05, 3.63) is 68.4 Å². The number of benzene rings is 2. The first kappa shape index (κ1) is 13.3. The molecule has 0 saturated carbocycles. The Morgan fingerprint density at radius 1 is 1.05 bits per heavy atom. The van der Waals surface area contributed by atoms with Gasteiger partial charge in [-0.25, -0.2) is 0 Å². The summed E-state index contributed by atoms with van der Waals surface area (Å²) in [6, 6.07) is 14.5. The van der Waals surface area contributed by atoms with Crippen molar-refractivity contribution in [2.75, 3.05) is 0 Å². The maximum Gasteiger partial charge on any atom is 0.0652 e. The molecule has 1 nitrogen and oxygen atoms in total.